The van der Waals surface area contributed by atoms with E-state index in [1.165, 1.54) is 22.7 Å². The van der Waals surface area contributed by atoms with Gasteiger partial charge in [-0.15, -0.1) is 0 Å². The lowest BCUT2D eigenvalue weighted by Gasteiger charge is -2.24. The first-order chi connectivity index (χ1) is 11.8. The molecule has 0 unspecified atom stereocenters. The summed E-state index contributed by atoms with van der Waals surface area (Å²) in [6.45, 7) is 9.59. The maximum atomic E-state index is 12.2. The predicted molar refractivity (Wildman–Crippen MR) is 98.5 cm³/mol. The maximum Gasteiger partial charge on any atom is 0.410 e. The van der Waals surface area contributed by atoms with E-state index in [0.29, 0.717) is 19.6 Å². The van der Waals surface area contributed by atoms with Crippen molar-refractivity contribution in [2.75, 3.05) is 5.32 Å². The number of hydrogen-bond acceptors (Lipinski definition) is 6. The van der Waals surface area contributed by atoms with Crippen molar-refractivity contribution in [2.45, 2.75) is 59.4 Å². The predicted octanol–water partition coefficient (Wildman–Crippen LogP) is 3.96. The van der Waals surface area contributed by atoms with Crippen LogP contribution in [0.2, 0.25) is 0 Å². The number of anilines is 1. The minimum Gasteiger partial charge on any atom is -0.444 e. The van der Waals surface area contributed by atoms with Gasteiger partial charge in [0.2, 0.25) is 5.13 Å². The SMILES string of the molecule is CCc1nsc(NCc2ccc3c(c2)CN(C(=O)OC(C)(C)C)C3)n1. The summed E-state index contributed by atoms with van der Waals surface area (Å²) in [7, 11) is 0. The monoisotopic (exact) mass is 360 g/mol. The van der Waals surface area contributed by atoms with E-state index >= 15 is 0 Å². The second-order valence-electron chi connectivity index (χ2n) is 7.16. The summed E-state index contributed by atoms with van der Waals surface area (Å²) in [6, 6.07) is 6.33. The van der Waals surface area contributed by atoms with Gasteiger partial charge in [-0.25, -0.2) is 9.78 Å². The van der Waals surface area contributed by atoms with Crippen LogP contribution in [0.3, 0.4) is 0 Å². The van der Waals surface area contributed by atoms with E-state index in [0.717, 1.165) is 22.9 Å². The Morgan fingerprint density at radius 3 is 2.76 bits per heavy atom. The van der Waals surface area contributed by atoms with E-state index in [4.69, 9.17) is 4.74 Å². The standard InChI is InChI=1S/C18H24N4O2S/c1-5-15-20-16(25-21-15)19-9-12-6-7-13-10-22(11-14(13)8-12)17(23)24-18(2,3)4/h6-8H,5,9-11H2,1-4H3,(H,19,20,21). The number of aromatic nitrogens is 2. The fourth-order valence-electron chi connectivity index (χ4n) is 2.66. The normalized spacial score (nSPS) is 13.7. The number of rotatable bonds is 4. The van der Waals surface area contributed by atoms with Crippen molar-refractivity contribution < 1.29 is 9.53 Å². The van der Waals surface area contributed by atoms with Gasteiger partial charge in [-0.1, -0.05) is 25.1 Å². The number of aryl methyl sites for hydroxylation is 1. The number of amides is 1. The molecule has 6 nitrogen and oxygen atoms in total. The molecule has 1 aliphatic rings. The molecule has 0 fully saturated rings. The minimum atomic E-state index is -0.472. The molecule has 7 heteroatoms. The molecule has 1 aliphatic heterocycles. The first-order valence-electron chi connectivity index (χ1n) is 8.49. The van der Waals surface area contributed by atoms with Crippen molar-refractivity contribution in [3.63, 3.8) is 0 Å². The number of nitrogens with one attached hydrogen (secondary N) is 1. The van der Waals surface area contributed by atoms with Gasteiger partial charge in [0.05, 0.1) is 0 Å². The van der Waals surface area contributed by atoms with Gasteiger partial charge >= 0.3 is 6.09 Å². The number of ether oxygens (including phenoxy) is 1. The molecule has 0 atom stereocenters. The molecule has 1 amide bonds. The Morgan fingerprint density at radius 2 is 2.08 bits per heavy atom. The molecule has 25 heavy (non-hydrogen) atoms. The molecule has 0 bridgehead atoms. The van der Waals surface area contributed by atoms with Crippen molar-refractivity contribution in [3.05, 3.63) is 40.7 Å². The van der Waals surface area contributed by atoms with Crippen molar-refractivity contribution >= 4 is 22.8 Å². The Hall–Kier alpha value is -2.15. The fourth-order valence-corrected chi connectivity index (χ4v) is 3.31. The third-order valence-corrected chi connectivity index (χ3v) is 4.58. The van der Waals surface area contributed by atoms with Crippen LogP contribution in [0.15, 0.2) is 18.2 Å². The third-order valence-electron chi connectivity index (χ3n) is 3.87. The van der Waals surface area contributed by atoms with Gasteiger partial charge in [0.1, 0.15) is 11.4 Å². The Kier molecular flexibility index (Phi) is 4.94. The average molecular weight is 360 g/mol. The number of nitrogens with zero attached hydrogens (tertiary/aromatic N) is 3. The highest BCUT2D eigenvalue weighted by Crippen LogP contribution is 2.26. The van der Waals surface area contributed by atoms with Crippen LogP contribution in [0.1, 0.15) is 50.2 Å². The van der Waals surface area contributed by atoms with Crippen LogP contribution in [0.5, 0.6) is 0 Å². The van der Waals surface area contributed by atoms with Crippen molar-refractivity contribution in [3.8, 4) is 0 Å². The van der Waals surface area contributed by atoms with Crippen LogP contribution in [0, 0.1) is 0 Å². The highest BCUT2D eigenvalue weighted by atomic mass is 32.1. The molecule has 1 aromatic carbocycles. The summed E-state index contributed by atoms with van der Waals surface area (Å²) >= 11 is 1.39. The molecular formula is C18H24N4O2S. The number of carbonyl (C=O) groups is 1. The van der Waals surface area contributed by atoms with E-state index in [9.17, 15) is 4.79 Å². The second kappa shape index (κ2) is 7.00. The smallest absolute Gasteiger partial charge is 0.410 e. The fraction of sp³-hybridized carbons (Fsp3) is 0.500. The lowest BCUT2D eigenvalue weighted by atomic mass is 10.1. The molecule has 0 aliphatic carbocycles. The summed E-state index contributed by atoms with van der Waals surface area (Å²) in [6.07, 6.45) is 0.585. The molecule has 1 N–H and O–H groups in total. The van der Waals surface area contributed by atoms with Gasteiger partial charge in [0.25, 0.3) is 0 Å². The summed E-state index contributed by atoms with van der Waals surface area (Å²) in [4.78, 5) is 18.4. The molecule has 2 heterocycles. The van der Waals surface area contributed by atoms with E-state index in [1.807, 2.05) is 27.7 Å². The number of hydrogen-bond donors (Lipinski definition) is 1. The summed E-state index contributed by atoms with van der Waals surface area (Å²) in [5.41, 5.74) is 3.05. The van der Waals surface area contributed by atoms with E-state index in [1.54, 1.807) is 4.90 Å². The molecule has 1 aromatic heterocycles. The topological polar surface area (TPSA) is 67.4 Å². The van der Waals surface area contributed by atoms with E-state index in [-0.39, 0.29) is 6.09 Å². The number of carbonyl (C=O) groups excluding carboxylic acids is 1. The Morgan fingerprint density at radius 1 is 1.32 bits per heavy atom. The summed E-state index contributed by atoms with van der Waals surface area (Å²) in [5.74, 6) is 0.870. The summed E-state index contributed by atoms with van der Waals surface area (Å²) < 4.78 is 9.74. The van der Waals surface area contributed by atoms with Gasteiger partial charge in [-0.05, 0) is 37.5 Å². The Balaban J connectivity index is 1.61. The molecule has 2 aromatic rings. The van der Waals surface area contributed by atoms with Gasteiger partial charge in [-0.2, -0.15) is 4.37 Å². The zero-order valence-electron chi connectivity index (χ0n) is 15.1. The van der Waals surface area contributed by atoms with Crippen molar-refractivity contribution in [2.24, 2.45) is 0 Å². The quantitative estimate of drug-likeness (QED) is 0.894. The van der Waals surface area contributed by atoms with Gasteiger partial charge in [0, 0.05) is 37.6 Å². The molecule has 0 spiro atoms. The van der Waals surface area contributed by atoms with Gasteiger partial charge in [0.15, 0.2) is 0 Å². The zero-order valence-corrected chi connectivity index (χ0v) is 15.9. The first-order valence-corrected chi connectivity index (χ1v) is 9.26. The number of fused-ring (bicyclic) bond motifs is 1. The van der Waals surface area contributed by atoms with E-state index in [2.05, 4.69) is 32.9 Å². The van der Waals surface area contributed by atoms with Crippen molar-refractivity contribution in [1.82, 2.24) is 14.3 Å². The van der Waals surface area contributed by atoms with Crippen LogP contribution < -0.4 is 5.32 Å². The Labute approximate surface area is 152 Å². The van der Waals surface area contributed by atoms with E-state index < -0.39 is 5.60 Å². The molecule has 0 saturated heterocycles. The van der Waals surface area contributed by atoms with Crippen LogP contribution in [0.25, 0.3) is 0 Å². The number of benzene rings is 1. The summed E-state index contributed by atoms with van der Waals surface area (Å²) in [5, 5.41) is 4.15. The van der Waals surface area contributed by atoms with Crippen molar-refractivity contribution in [1.29, 1.82) is 0 Å². The molecule has 134 valence electrons. The lowest BCUT2D eigenvalue weighted by molar-refractivity contribution is 0.0242. The average Bonchev–Trinajstić information content (AvgIpc) is 3.17. The molecule has 0 radical (unpaired) electrons. The molecular weight excluding hydrogens is 336 g/mol. The molecule has 3 rings (SSSR count). The zero-order chi connectivity index (χ0) is 18.0. The Bertz CT molecular complexity index is 767. The highest BCUT2D eigenvalue weighted by Gasteiger charge is 2.27. The van der Waals surface area contributed by atoms with Gasteiger partial charge in [-0.3, -0.25) is 4.90 Å². The van der Waals surface area contributed by atoms with Crippen LogP contribution in [0.4, 0.5) is 9.93 Å². The van der Waals surface area contributed by atoms with Crippen LogP contribution in [-0.4, -0.2) is 26.0 Å². The molecule has 0 saturated carbocycles. The van der Waals surface area contributed by atoms with Crippen LogP contribution >= 0.6 is 11.5 Å². The lowest BCUT2D eigenvalue weighted by Crippen LogP contribution is -2.33. The minimum absolute atomic E-state index is 0.260. The first kappa shape index (κ1) is 17.7. The highest BCUT2D eigenvalue weighted by molar-refractivity contribution is 7.09. The largest absolute Gasteiger partial charge is 0.444 e. The van der Waals surface area contributed by atoms with Gasteiger partial charge < -0.3 is 10.1 Å². The maximum absolute atomic E-state index is 12.2. The third kappa shape index (κ3) is 4.48. The van der Waals surface area contributed by atoms with Crippen LogP contribution in [-0.2, 0) is 30.8 Å². The second-order valence-corrected chi connectivity index (χ2v) is 7.91.